The standard InChI is InChI=1S/C21H26N2/c1-10-11(2)15(6)20-18(13(10)4)19-14(5)12(3)16-8-22-9-17(16)21(19)23(20)7/h22H,8-9H2,1-7H3. The molecule has 0 unspecified atom stereocenters. The van der Waals surface area contributed by atoms with E-state index in [1.807, 2.05) is 0 Å². The van der Waals surface area contributed by atoms with Gasteiger partial charge in [-0.05, 0) is 86.1 Å². The van der Waals surface area contributed by atoms with Crippen molar-refractivity contribution in [3.8, 4) is 0 Å². The Morgan fingerprint density at radius 1 is 0.609 bits per heavy atom. The van der Waals surface area contributed by atoms with Crippen molar-refractivity contribution in [2.75, 3.05) is 0 Å². The molecule has 0 amide bonds. The highest BCUT2D eigenvalue weighted by Crippen LogP contribution is 2.42. The molecule has 0 radical (unpaired) electrons. The van der Waals surface area contributed by atoms with Crippen molar-refractivity contribution in [2.24, 2.45) is 7.05 Å². The van der Waals surface area contributed by atoms with Crippen LogP contribution in [0.4, 0.5) is 0 Å². The van der Waals surface area contributed by atoms with Crippen LogP contribution in [0.25, 0.3) is 21.8 Å². The van der Waals surface area contributed by atoms with Crippen molar-refractivity contribution >= 4 is 21.8 Å². The minimum atomic E-state index is 0.993. The summed E-state index contributed by atoms with van der Waals surface area (Å²) in [5, 5.41) is 6.51. The first-order chi connectivity index (χ1) is 10.9. The normalized spacial score (nSPS) is 14.2. The van der Waals surface area contributed by atoms with Crippen molar-refractivity contribution in [1.29, 1.82) is 0 Å². The number of aromatic nitrogens is 1. The van der Waals surface area contributed by atoms with Crippen molar-refractivity contribution in [3.63, 3.8) is 0 Å². The maximum absolute atomic E-state index is 3.56. The lowest BCUT2D eigenvalue weighted by Crippen LogP contribution is -2.01. The minimum absolute atomic E-state index is 0.993. The summed E-state index contributed by atoms with van der Waals surface area (Å²) in [7, 11) is 2.25. The monoisotopic (exact) mass is 306 g/mol. The summed E-state index contributed by atoms with van der Waals surface area (Å²) in [6.45, 7) is 15.7. The van der Waals surface area contributed by atoms with Gasteiger partial charge >= 0.3 is 0 Å². The Kier molecular flexibility index (Phi) is 2.96. The number of hydrogen-bond donors (Lipinski definition) is 1. The number of benzene rings is 2. The molecule has 0 atom stereocenters. The van der Waals surface area contributed by atoms with Crippen LogP contribution in [0, 0.1) is 41.5 Å². The van der Waals surface area contributed by atoms with Crippen molar-refractivity contribution < 1.29 is 0 Å². The van der Waals surface area contributed by atoms with Crippen LogP contribution in [0.1, 0.15) is 44.5 Å². The molecular weight excluding hydrogens is 280 g/mol. The molecule has 0 bridgehead atoms. The number of aryl methyl sites for hydroxylation is 4. The summed E-state index contributed by atoms with van der Waals surface area (Å²) in [5.74, 6) is 0. The van der Waals surface area contributed by atoms with E-state index in [9.17, 15) is 0 Å². The Morgan fingerprint density at radius 2 is 1.13 bits per heavy atom. The molecular formula is C21H26N2. The molecule has 0 aliphatic carbocycles. The van der Waals surface area contributed by atoms with Crippen LogP contribution in [0.2, 0.25) is 0 Å². The third-order valence-corrected chi connectivity index (χ3v) is 6.46. The summed E-state index contributed by atoms with van der Waals surface area (Å²) in [4.78, 5) is 0. The molecule has 4 rings (SSSR count). The molecule has 0 saturated heterocycles. The number of fused-ring (bicyclic) bond motifs is 5. The lowest BCUT2D eigenvalue weighted by atomic mass is 9.90. The van der Waals surface area contributed by atoms with Gasteiger partial charge < -0.3 is 9.88 Å². The first-order valence-corrected chi connectivity index (χ1v) is 8.56. The van der Waals surface area contributed by atoms with E-state index >= 15 is 0 Å². The molecule has 1 aliphatic heterocycles. The summed E-state index contributed by atoms with van der Waals surface area (Å²) in [5.41, 5.74) is 14.6. The van der Waals surface area contributed by atoms with Crippen LogP contribution < -0.4 is 5.32 Å². The van der Waals surface area contributed by atoms with Gasteiger partial charge in [0.1, 0.15) is 0 Å². The van der Waals surface area contributed by atoms with E-state index in [1.54, 1.807) is 0 Å². The highest BCUT2D eigenvalue weighted by atomic mass is 15.0. The number of nitrogens with zero attached hydrogens (tertiary/aromatic N) is 1. The first kappa shape index (κ1) is 14.8. The molecule has 2 nitrogen and oxygen atoms in total. The molecule has 1 aromatic heterocycles. The predicted octanol–water partition coefficient (Wildman–Crippen LogP) is 4.79. The van der Waals surface area contributed by atoms with E-state index in [1.165, 1.54) is 66.3 Å². The number of hydrogen-bond acceptors (Lipinski definition) is 1. The van der Waals surface area contributed by atoms with E-state index < -0.39 is 0 Å². The van der Waals surface area contributed by atoms with E-state index in [4.69, 9.17) is 0 Å². The molecule has 0 fully saturated rings. The quantitative estimate of drug-likeness (QED) is 0.632. The second kappa shape index (κ2) is 4.61. The maximum atomic E-state index is 3.56. The smallest absolute Gasteiger partial charge is 0.0540 e. The van der Waals surface area contributed by atoms with Gasteiger partial charge in [0.25, 0.3) is 0 Å². The molecule has 0 spiro atoms. The topological polar surface area (TPSA) is 17.0 Å². The zero-order valence-corrected chi connectivity index (χ0v) is 15.4. The van der Waals surface area contributed by atoms with Crippen molar-refractivity contribution in [1.82, 2.24) is 9.88 Å². The van der Waals surface area contributed by atoms with Gasteiger partial charge in [-0.2, -0.15) is 0 Å². The third-order valence-electron chi connectivity index (χ3n) is 6.46. The Morgan fingerprint density at radius 3 is 1.83 bits per heavy atom. The Balaban J connectivity index is 2.40. The summed E-state index contributed by atoms with van der Waals surface area (Å²) >= 11 is 0. The van der Waals surface area contributed by atoms with E-state index in [0.29, 0.717) is 0 Å². The second-order valence-electron chi connectivity index (χ2n) is 7.32. The fraction of sp³-hybridized carbons (Fsp3) is 0.429. The molecule has 2 aromatic carbocycles. The van der Waals surface area contributed by atoms with Gasteiger partial charge in [0.15, 0.2) is 0 Å². The van der Waals surface area contributed by atoms with Crippen molar-refractivity contribution in [2.45, 2.75) is 54.6 Å². The van der Waals surface area contributed by atoms with Crippen molar-refractivity contribution in [3.05, 3.63) is 44.5 Å². The summed E-state index contributed by atoms with van der Waals surface area (Å²) in [6, 6.07) is 0. The van der Waals surface area contributed by atoms with Crippen LogP contribution in [0.5, 0.6) is 0 Å². The fourth-order valence-corrected chi connectivity index (χ4v) is 4.66. The van der Waals surface area contributed by atoms with E-state index in [2.05, 4.69) is 58.5 Å². The fourth-order valence-electron chi connectivity index (χ4n) is 4.66. The highest BCUT2D eigenvalue weighted by molar-refractivity contribution is 6.14. The molecule has 120 valence electrons. The predicted molar refractivity (Wildman–Crippen MR) is 99.4 cm³/mol. The average molecular weight is 306 g/mol. The van der Waals surface area contributed by atoms with Gasteiger partial charge in [0, 0.05) is 30.9 Å². The minimum Gasteiger partial charge on any atom is -0.343 e. The summed E-state index contributed by atoms with van der Waals surface area (Å²) < 4.78 is 2.46. The highest BCUT2D eigenvalue weighted by Gasteiger charge is 2.25. The zero-order chi connectivity index (χ0) is 16.6. The first-order valence-electron chi connectivity index (χ1n) is 8.56. The molecule has 23 heavy (non-hydrogen) atoms. The molecule has 3 aromatic rings. The van der Waals surface area contributed by atoms with Crippen LogP contribution in [-0.2, 0) is 20.1 Å². The number of rotatable bonds is 0. The Bertz CT molecular complexity index is 1000. The van der Waals surface area contributed by atoms with Gasteiger partial charge in [-0.25, -0.2) is 0 Å². The van der Waals surface area contributed by atoms with E-state index in [-0.39, 0.29) is 0 Å². The van der Waals surface area contributed by atoms with Crippen LogP contribution >= 0.6 is 0 Å². The average Bonchev–Trinajstić information content (AvgIpc) is 3.11. The van der Waals surface area contributed by atoms with Gasteiger partial charge in [-0.1, -0.05) is 0 Å². The van der Waals surface area contributed by atoms with Gasteiger partial charge in [-0.15, -0.1) is 0 Å². The molecule has 2 heteroatoms. The molecule has 2 heterocycles. The molecule has 1 aliphatic rings. The van der Waals surface area contributed by atoms with Crippen LogP contribution in [-0.4, -0.2) is 4.57 Å². The zero-order valence-electron chi connectivity index (χ0n) is 15.4. The molecule has 1 N–H and O–H groups in total. The van der Waals surface area contributed by atoms with Crippen LogP contribution in [0.15, 0.2) is 0 Å². The SMILES string of the molecule is Cc1c(C)c(C)c2c(c1C)c1c(C)c(C)c3c(c1n2C)CNC3. The summed E-state index contributed by atoms with van der Waals surface area (Å²) in [6.07, 6.45) is 0. The molecule has 0 saturated carbocycles. The number of nitrogens with one attached hydrogen (secondary N) is 1. The second-order valence-corrected chi connectivity index (χ2v) is 7.32. The third kappa shape index (κ3) is 1.62. The van der Waals surface area contributed by atoms with E-state index in [0.717, 1.165) is 13.1 Å². The van der Waals surface area contributed by atoms with Gasteiger partial charge in [0.2, 0.25) is 0 Å². The Labute approximate surface area is 138 Å². The van der Waals surface area contributed by atoms with Gasteiger partial charge in [-0.3, -0.25) is 0 Å². The lowest BCUT2D eigenvalue weighted by Gasteiger charge is -2.13. The maximum Gasteiger partial charge on any atom is 0.0540 e. The largest absolute Gasteiger partial charge is 0.343 e. The lowest BCUT2D eigenvalue weighted by molar-refractivity contribution is 0.763. The van der Waals surface area contributed by atoms with Crippen LogP contribution in [0.3, 0.4) is 0 Å². The Hall–Kier alpha value is -1.80. The van der Waals surface area contributed by atoms with Gasteiger partial charge in [0.05, 0.1) is 11.0 Å².